The Morgan fingerprint density at radius 3 is 2.56 bits per heavy atom. The number of ether oxygens (including phenoxy) is 1. The number of benzene rings is 1. The predicted molar refractivity (Wildman–Crippen MR) is 68.5 cm³/mol. The number of methoxy groups -OCH3 is 1. The van der Waals surface area contributed by atoms with Crippen LogP contribution in [0.15, 0.2) is 24.3 Å². The third-order valence-corrected chi connectivity index (χ3v) is 3.64. The van der Waals surface area contributed by atoms with Crippen molar-refractivity contribution >= 4 is 11.8 Å². The molecule has 0 N–H and O–H groups in total. The lowest BCUT2D eigenvalue weighted by Crippen LogP contribution is -2.21. The SMILES string of the molecule is COC(=O)c1ccc(C2C[C@H](C)CCC2=O)cc1. The van der Waals surface area contributed by atoms with Crippen LogP contribution in [0.5, 0.6) is 0 Å². The highest BCUT2D eigenvalue weighted by Gasteiger charge is 2.27. The summed E-state index contributed by atoms with van der Waals surface area (Å²) in [6.07, 6.45) is 2.58. The number of Topliss-reactive ketones (excluding diaryl/α,β-unsaturated/α-hetero) is 1. The van der Waals surface area contributed by atoms with Gasteiger partial charge in [0.15, 0.2) is 0 Å². The Hall–Kier alpha value is -1.64. The van der Waals surface area contributed by atoms with Crippen LogP contribution in [0.3, 0.4) is 0 Å². The maximum atomic E-state index is 11.9. The van der Waals surface area contributed by atoms with E-state index in [9.17, 15) is 9.59 Å². The van der Waals surface area contributed by atoms with Crippen molar-refractivity contribution in [3.63, 3.8) is 0 Å². The monoisotopic (exact) mass is 246 g/mol. The van der Waals surface area contributed by atoms with Gasteiger partial charge in [-0.05, 0) is 36.5 Å². The highest BCUT2D eigenvalue weighted by Crippen LogP contribution is 2.33. The van der Waals surface area contributed by atoms with Crippen LogP contribution in [0.2, 0.25) is 0 Å². The lowest BCUT2D eigenvalue weighted by atomic mass is 9.78. The third kappa shape index (κ3) is 2.61. The second-order valence-corrected chi connectivity index (χ2v) is 5.01. The fourth-order valence-corrected chi connectivity index (χ4v) is 2.51. The zero-order valence-corrected chi connectivity index (χ0v) is 10.8. The summed E-state index contributed by atoms with van der Waals surface area (Å²) in [5, 5.41) is 0. The summed E-state index contributed by atoms with van der Waals surface area (Å²) in [6, 6.07) is 7.20. The fourth-order valence-electron chi connectivity index (χ4n) is 2.51. The number of rotatable bonds is 2. The molecule has 1 saturated carbocycles. The molecule has 96 valence electrons. The second kappa shape index (κ2) is 5.34. The molecule has 0 radical (unpaired) electrons. The lowest BCUT2D eigenvalue weighted by molar-refractivity contribution is -0.122. The summed E-state index contributed by atoms with van der Waals surface area (Å²) in [7, 11) is 1.36. The number of carbonyl (C=O) groups excluding carboxylic acids is 2. The van der Waals surface area contributed by atoms with E-state index in [1.165, 1.54) is 7.11 Å². The molecule has 1 aromatic carbocycles. The molecule has 1 aromatic rings. The van der Waals surface area contributed by atoms with Crippen LogP contribution in [0.25, 0.3) is 0 Å². The summed E-state index contributed by atoms with van der Waals surface area (Å²) >= 11 is 0. The first-order chi connectivity index (χ1) is 8.61. The predicted octanol–water partition coefficient (Wildman–Crippen LogP) is 2.95. The Labute approximate surface area is 107 Å². The molecule has 0 aliphatic heterocycles. The summed E-state index contributed by atoms with van der Waals surface area (Å²) < 4.78 is 4.65. The average molecular weight is 246 g/mol. The second-order valence-electron chi connectivity index (χ2n) is 5.01. The average Bonchev–Trinajstić information content (AvgIpc) is 2.41. The number of esters is 1. The zero-order chi connectivity index (χ0) is 13.1. The van der Waals surface area contributed by atoms with Crippen molar-refractivity contribution in [3.05, 3.63) is 35.4 Å². The lowest BCUT2D eigenvalue weighted by Gasteiger charge is -2.25. The molecule has 1 aliphatic carbocycles. The molecule has 0 aromatic heterocycles. The standard InChI is InChI=1S/C15H18O3/c1-10-3-8-14(16)13(9-10)11-4-6-12(7-5-11)15(17)18-2/h4-7,10,13H,3,8-9H2,1-2H3/t10-,13?/m1/s1. The van der Waals surface area contributed by atoms with Gasteiger partial charge < -0.3 is 4.74 Å². The van der Waals surface area contributed by atoms with Crippen molar-refractivity contribution < 1.29 is 14.3 Å². The van der Waals surface area contributed by atoms with Gasteiger partial charge in [0, 0.05) is 12.3 Å². The van der Waals surface area contributed by atoms with Crippen LogP contribution >= 0.6 is 0 Å². The third-order valence-electron chi connectivity index (χ3n) is 3.64. The smallest absolute Gasteiger partial charge is 0.337 e. The van der Waals surface area contributed by atoms with Gasteiger partial charge >= 0.3 is 5.97 Å². The summed E-state index contributed by atoms with van der Waals surface area (Å²) in [5.41, 5.74) is 1.54. The minimum Gasteiger partial charge on any atom is -0.465 e. The molecule has 1 unspecified atom stereocenters. The van der Waals surface area contributed by atoms with Gasteiger partial charge in [-0.15, -0.1) is 0 Å². The van der Waals surface area contributed by atoms with Gasteiger partial charge in [-0.1, -0.05) is 19.1 Å². The summed E-state index contributed by atoms with van der Waals surface area (Å²) in [6.45, 7) is 2.18. The zero-order valence-electron chi connectivity index (χ0n) is 10.8. The molecule has 0 spiro atoms. The molecule has 18 heavy (non-hydrogen) atoms. The van der Waals surface area contributed by atoms with Crippen LogP contribution in [0.1, 0.15) is 48.0 Å². The van der Waals surface area contributed by atoms with Crippen molar-refractivity contribution in [3.8, 4) is 0 Å². The molecule has 0 bridgehead atoms. The molecule has 2 rings (SSSR count). The van der Waals surface area contributed by atoms with Crippen LogP contribution in [-0.4, -0.2) is 18.9 Å². The van der Waals surface area contributed by atoms with E-state index in [1.807, 2.05) is 12.1 Å². The number of carbonyl (C=O) groups is 2. The maximum Gasteiger partial charge on any atom is 0.337 e. The Kier molecular flexibility index (Phi) is 3.80. The van der Waals surface area contributed by atoms with Gasteiger partial charge in [0.2, 0.25) is 0 Å². The van der Waals surface area contributed by atoms with Crippen LogP contribution in [0.4, 0.5) is 0 Å². The van der Waals surface area contributed by atoms with Crippen molar-refractivity contribution in [2.24, 2.45) is 5.92 Å². The van der Waals surface area contributed by atoms with E-state index >= 15 is 0 Å². The van der Waals surface area contributed by atoms with Crippen LogP contribution in [0, 0.1) is 5.92 Å². The van der Waals surface area contributed by atoms with Gasteiger partial charge in [-0.25, -0.2) is 4.79 Å². The van der Waals surface area contributed by atoms with Gasteiger partial charge in [0.05, 0.1) is 12.7 Å². The Bertz CT molecular complexity index is 447. The van der Waals surface area contributed by atoms with E-state index in [0.717, 1.165) is 18.4 Å². The van der Waals surface area contributed by atoms with E-state index in [4.69, 9.17) is 0 Å². The normalized spacial score (nSPS) is 23.8. The largest absolute Gasteiger partial charge is 0.465 e. The maximum absolute atomic E-state index is 11.9. The minimum atomic E-state index is -0.343. The first-order valence-electron chi connectivity index (χ1n) is 6.32. The van der Waals surface area contributed by atoms with Crippen molar-refractivity contribution in [1.29, 1.82) is 0 Å². The van der Waals surface area contributed by atoms with E-state index in [-0.39, 0.29) is 11.9 Å². The molecular weight excluding hydrogens is 228 g/mol. The topological polar surface area (TPSA) is 43.4 Å². The first-order valence-corrected chi connectivity index (χ1v) is 6.32. The molecule has 0 amide bonds. The van der Waals surface area contributed by atoms with Gasteiger partial charge in [0.1, 0.15) is 5.78 Å². The Morgan fingerprint density at radius 2 is 1.94 bits per heavy atom. The van der Waals surface area contributed by atoms with Crippen molar-refractivity contribution in [2.45, 2.75) is 32.1 Å². The number of hydrogen-bond donors (Lipinski definition) is 0. The highest BCUT2D eigenvalue weighted by molar-refractivity contribution is 5.90. The van der Waals surface area contributed by atoms with Crippen molar-refractivity contribution in [1.82, 2.24) is 0 Å². The molecule has 3 nitrogen and oxygen atoms in total. The van der Waals surface area contributed by atoms with E-state index in [2.05, 4.69) is 11.7 Å². The minimum absolute atomic E-state index is 0.000414. The summed E-state index contributed by atoms with van der Waals surface area (Å²) in [4.78, 5) is 23.3. The Morgan fingerprint density at radius 1 is 1.28 bits per heavy atom. The first kappa shape index (κ1) is 12.8. The van der Waals surface area contributed by atoms with E-state index in [1.54, 1.807) is 12.1 Å². The Balaban J connectivity index is 2.18. The van der Waals surface area contributed by atoms with Crippen molar-refractivity contribution in [2.75, 3.05) is 7.11 Å². The number of ketones is 1. The van der Waals surface area contributed by atoms with Gasteiger partial charge in [-0.2, -0.15) is 0 Å². The molecular formula is C15H18O3. The highest BCUT2D eigenvalue weighted by atomic mass is 16.5. The van der Waals surface area contributed by atoms with Gasteiger partial charge in [-0.3, -0.25) is 4.79 Å². The number of hydrogen-bond acceptors (Lipinski definition) is 3. The molecule has 3 heteroatoms. The van der Waals surface area contributed by atoms with Crippen LogP contribution < -0.4 is 0 Å². The molecule has 0 saturated heterocycles. The molecule has 1 aliphatic rings. The fraction of sp³-hybridized carbons (Fsp3) is 0.467. The van der Waals surface area contributed by atoms with Crippen LogP contribution in [-0.2, 0) is 9.53 Å². The van der Waals surface area contributed by atoms with E-state index < -0.39 is 0 Å². The van der Waals surface area contributed by atoms with Gasteiger partial charge in [0.25, 0.3) is 0 Å². The quantitative estimate of drug-likeness (QED) is 0.753. The van der Waals surface area contributed by atoms with E-state index in [0.29, 0.717) is 23.7 Å². The molecule has 1 fully saturated rings. The molecule has 2 atom stereocenters. The summed E-state index contributed by atoms with van der Waals surface area (Å²) in [5.74, 6) is 0.567. The molecule has 0 heterocycles.